The Morgan fingerprint density at radius 1 is 1.15 bits per heavy atom. The van der Waals surface area contributed by atoms with Crippen LogP contribution in [0.15, 0.2) is 48.7 Å². The van der Waals surface area contributed by atoms with Gasteiger partial charge in [-0.05, 0) is 24.6 Å². The predicted molar refractivity (Wildman–Crippen MR) is 73.7 cm³/mol. The minimum absolute atomic E-state index is 0.109. The first-order chi connectivity index (χ1) is 9.58. The summed E-state index contributed by atoms with van der Waals surface area (Å²) in [5.41, 5.74) is 1.49. The van der Waals surface area contributed by atoms with Gasteiger partial charge in [-0.3, -0.25) is 9.78 Å². The van der Waals surface area contributed by atoms with Crippen molar-refractivity contribution in [3.63, 3.8) is 0 Å². The second-order valence-corrected chi connectivity index (χ2v) is 4.45. The number of amides is 1. The lowest BCUT2D eigenvalue weighted by molar-refractivity contribution is -0.0458. The number of aromatic nitrogens is 1. The molecule has 1 unspecified atom stereocenters. The highest BCUT2D eigenvalue weighted by atomic mass is 16.5. The number of rotatable bonds is 4. The number of carbonyl (C=O) groups is 1. The highest BCUT2D eigenvalue weighted by Crippen LogP contribution is 2.13. The topological polar surface area (TPSA) is 82.5 Å². The maximum absolute atomic E-state index is 12.0. The molecule has 0 aliphatic rings. The highest BCUT2D eigenvalue weighted by molar-refractivity contribution is 5.94. The fourth-order valence-corrected chi connectivity index (χ4v) is 1.80. The lowest BCUT2D eigenvalue weighted by Gasteiger charge is -2.14. The normalized spacial score (nSPS) is 12.2. The van der Waals surface area contributed by atoms with Crippen molar-refractivity contribution < 1.29 is 15.0 Å². The molecule has 0 bridgehead atoms. The fourth-order valence-electron chi connectivity index (χ4n) is 1.80. The van der Waals surface area contributed by atoms with Gasteiger partial charge in [0, 0.05) is 6.20 Å². The standard InChI is InChI=1S/C15H16N2O3/c1-10(11-5-3-2-4-6-11)17-14(18)12-7-8-13(15(19)20)16-9-12/h2-10,15,19-20H,1H3,(H,17,18). The molecule has 0 aliphatic carbocycles. The maximum Gasteiger partial charge on any atom is 0.253 e. The Bertz CT molecular complexity index is 567. The van der Waals surface area contributed by atoms with Crippen molar-refractivity contribution in [2.75, 3.05) is 0 Å². The fraction of sp³-hybridized carbons (Fsp3) is 0.200. The Kier molecular flexibility index (Phi) is 4.45. The zero-order valence-corrected chi connectivity index (χ0v) is 11.0. The van der Waals surface area contributed by atoms with Gasteiger partial charge in [-0.2, -0.15) is 0 Å². The Morgan fingerprint density at radius 3 is 2.40 bits per heavy atom. The molecule has 2 aromatic rings. The molecule has 1 atom stereocenters. The van der Waals surface area contributed by atoms with Crippen LogP contribution in [0.4, 0.5) is 0 Å². The van der Waals surface area contributed by atoms with E-state index in [2.05, 4.69) is 10.3 Å². The van der Waals surface area contributed by atoms with E-state index in [1.165, 1.54) is 18.3 Å². The largest absolute Gasteiger partial charge is 0.363 e. The minimum Gasteiger partial charge on any atom is -0.363 e. The summed E-state index contributed by atoms with van der Waals surface area (Å²) in [6.45, 7) is 1.90. The van der Waals surface area contributed by atoms with E-state index in [0.717, 1.165) is 5.56 Å². The molecule has 0 aliphatic heterocycles. The van der Waals surface area contributed by atoms with E-state index >= 15 is 0 Å². The lowest BCUT2D eigenvalue weighted by atomic mass is 10.1. The number of aliphatic hydroxyl groups excluding tert-OH is 1. The molecule has 2 rings (SSSR count). The zero-order chi connectivity index (χ0) is 14.5. The molecule has 0 saturated carbocycles. The van der Waals surface area contributed by atoms with Crippen molar-refractivity contribution in [1.29, 1.82) is 0 Å². The molecule has 3 N–H and O–H groups in total. The van der Waals surface area contributed by atoms with Crippen LogP contribution in [-0.2, 0) is 0 Å². The van der Waals surface area contributed by atoms with Crippen molar-refractivity contribution in [3.8, 4) is 0 Å². The quantitative estimate of drug-likeness (QED) is 0.738. The van der Waals surface area contributed by atoms with Gasteiger partial charge in [-0.15, -0.1) is 0 Å². The molecule has 1 aromatic carbocycles. The van der Waals surface area contributed by atoms with Crippen LogP contribution in [0.3, 0.4) is 0 Å². The van der Waals surface area contributed by atoms with Gasteiger partial charge in [-0.25, -0.2) is 0 Å². The summed E-state index contributed by atoms with van der Waals surface area (Å²) < 4.78 is 0. The summed E-state index contributed by atoms with van der Waals surface area (Å²) in [6.07, 6.45) is -0.308. The average Bonchev–Trinajstić information content (AvgIpc) is 2.48. The smallest absolute Gasteiger partial charge is 0.253 e. The van der Waals surface area contributed by atoms with Gasteiger partial charge < -0.3 is 15.5 Å². The number of nitrogens with one attached hydrogen (secondary N) is 1. The predicted octanol–water partition coefficient (Wildman–Crippen LogP) is 1.56. The molecule has 1 amide bonds. The number of nitrogens with zero attached hydrogens (tertiary/aromatic N) is 1. The molecule has 0 radical (unpaired) electrons. The van der Waals surface area contributed by atoms with Gasteiger partial charge >= 0.3 is 0 Å². The number of hydrogen-bond acceptors (Lipinski definition) is 4. The summed E-state index contributed by atoms with van der Waals surface area (Å²) in [5.74, 6) is -0.257. The van der Waals surface area contributed by atoms with Crippen LogP contribution >= 0.6 is 0 Å². The lowest BCUT2D eigenvalue weighted by Crippen LogP contribution is -2.26. The Labute approximate surface area is 116 Å². The van der Waals surface area contributed by atoms with Crippen LogP contribution in [0.25, 0.3) is 0 Å². The van der Waals surface area contributed by atoms with E-state index in [9.17, 15) is 4.79 Å². The van der Waals surface area contributed by atoms with Crippen LogP contribution in [-0.4, -0.2) is 21.1 Å². The van der Waals surface area contributed by atoms with E-state index in [-0.39, 0.29) is 17.6 Å². The molecule has 0 fully saturated rings. The first kappa shape index (κ1) is 14.2. The molecular weight excluding hydrogens is 256 g/mol. The number of benzene rings is 1. The number of carbonyl (C=O) groups excluding carboxylic acids is 1. The minimum atomic E-state index is -1.63. The molecule has 5 heteroatoms. The third kappa shape index (κ3) is 3.40. The van der Waals surface area contributed by atoms with E-state index in [0.29, 0.717) is 5.56 Å². The highest BCUT2D eigenvalue weighted by Gasteiger charge is 2.12. The van der Waals surface area contributed by atoms with Gasteiger partial charge in [0.15, 0.2) is 6.29 Å². The molecule has 20 heavy (non-hydrogen) atoms. The van der Waals surface area contributed by atoms with Crippen molar-refractivity contribution in [1.82, 2.24) is 10.3 Å². The van der Waals surface area contributed by atoms with E-state index in [4.69, 9.17) is 10.2 Å². The van der Waals surface area contributed by atoms with E-state index in [1.54, 1.807) is 0 Å². The van der Waals surface area contributed by atoms with Gasteiger partial charge in [0.25, 0.3) is 5.91 Å². The summed E-state index contributed by atoms with van der Waals surface area (Å²) in [7, 11) is 0. The van der Waals surface area contributed by atoms with Crippen LogP contribution in [0.2, 0.25) is 0 Å². The van der Waals surface area contributed by atoms with Gasteiger partial charge in [0.2, 0.25) is 0 Å². The van der Waals surface area contributed by atoms with Gasteiger partial charge in [0.05, 0.1) is 17.3 Å². The summed E-state index contributed by atoms with van der Waals surface area (Å²) >= 11 is 0. The molecular formula is C15H16N2O3. The van der Waals surface area contributed by atoms with Crippen molar-refractivity contribution in [2.45, 2.75) is 19.3 Å². The van der Waals surface area contributed by atoms with Crippen molar-refractivity contribution >= 4 is 5.91 Å². The number of hydrogen-bond donors (Lipinski definition) is 3. The monoisotopic (exact) mass is 272 g/mol. The third-order valence-corrected chi connectivity index (χ3v) is 2.96. The van der Waals surface area contributed by atoms with Crippen molar-refractivity contribution in [2.24, 2.45) is 0 Å². The summed E-state index contributed by atoms with van der Waals surface area (Å²) in [6, 6.07) is 12.4. The molecule has 0 saturated heterocycles. The first-order valence-electron chi connectivity index (χ1n) is 6.26. The van der Waals surface area contributed by atoms with E-state index in [1.807, 2.05) is 37.3 Å². The second kappa shape index (κ2) is 6.27. The second-order valence-electron chi connectivity index (χ2n) is 4.45. The zero-order valence-electron chi connectivity index (χ0n) is 11.0. The Balaban J connectivity index is 2.05. The van der Waals surface area contributed by atoms with Crippen LogP contribution in [0, 0.1) is 0 Å². The molecule has 0 spiro atoms. The molecule has 5 nitrogen and oxygen atoms in total. The number of pyridine rings is 1. The van der Waals surface area contributed by atoms with E-state index < -0.39 is 6.29 Å². The van der Waals surface area contributed by atoms with Crippen LogP contribution < -0.4 is 5.32 Å². The number of aliphatic hydroxyl groups is 2. The summed E-state index contributed by atoms with van der Waals surface area (Å²) in [5, 5.41) is 20.7. The molecule has 1 heterocycles. The Morgan fingerprint density at radius 2 is 1.85 bits per heavy atom. The molecule has 104 valence electrons. The van der Waals surface area contributed by atoms with Crippen LogP contribution in [0.1, 0.15) is 40.9 Å². The SMILES string of the molecule is CC(NC(=O)c1ccc(C(O)O)nc1)c1ccccc1. The maximum atomic E-state index is 12.0. The van der Waals surface area contributed by atoms with Gasteiger partial charge in [-0.1, -0.05) is 30.3 Å². The third-order valence-electron chi connectivity index (χ3n) is 2.96. The van der Waals surface area contributed by atoms with Gasteiger partial charge in [0.1, 0.15) is 0 Å². The summed E-state index contributed by atoms with van der Waals surface area (Å²) in [4.78, 5) is 15.9. The Hall–Kier alpha value is -2.24. The molecule has 1 aromatic heterocycles. The van der Waals surface area contributed by atoms with Crippen molar-refractivity contribution in [3.05, 3.63) is 65.5 Å². The van der Waals surface area contributed by atoms with Crippen LogP contribution in [0.5, 0.6) is 0 Å². The average molecular weight is 272 g/mol. The first-order valence-corrected chi connectivity index (χ1v) is 6.26.